The lowest BCUT2D eigenvalue weighted by molar-refractivity contribution is 0.880. The molecule has 0 bridgehead atoms. The van der Waals surface area contributed by atoms with Crippen LogP contribution in [0.3, 0.4) is 0 Å². The number of benzene rings is 1. The Labute approximate surface area is 110 Å². The highest BCUT2D eigenvalue weighted by atomic mass is 127. The van der Waals surface area contributed by atoms with Crippen LogP contribution in [0.4, 0.5) is 0 Å². The molecule has 1 aromatic carbocycles. The van der Waals surface area contributed by atoms with Crippen molar-refractivity contribution in [2.75, 3.05) is 0 Å². The predicted octanol–water partition coefficient (Wildman–Crippen LogP) is 1.23. The van der Waals surface area contributed by atoms with Crippen LogP contribution in [0.15, 0.2) is 33.9 Å². The van der Waals surface area contributed by atoms with Gasteiger partial charge in [-0.1, -0.05) is 18.2 Å². The maximum Gasteiger partial charge on any atom is 0.342 e. The normalized spacial score (nSPS) is 10.9. The molecule has 0 amide bonds. The smallest absolute Gasteiger partial charge is 0.271 e. The molecule has 0 atom stereocenters. The molecule has 0 aliphatic heterocycles. The lowest BCUT2D eigenvalue weighted by Crippen LogP contribution is -2.25. The highest BCUT2D eigenvalue weighted by Gasteiger charge is 1.97. The van der Waals surface area contributed by atoms with Gasteiger partial charge in [-0.05, 0) is 46.4 Å². The molecular weight excluding hydrogens is 333 g/mol. The summed E-state index contributed by atoms with van der Waals surface area (Å²) in [6.07, 6.45) is 3.32. The van der Waals surface area contributed by atoms with Gasteiger partial charge >= 0.3 is 5.69 Å². The monoisotopic (exact) mass is 341 g/mol. The minimum atomic E-state index is -0.610. The Kier molecular flexibility index (Phi) is 3.52. The van der Waals surface area contributed by atoms with E-state index in [9.17, 15) is 9.59 Å². The van der Waals surface area contributed by atoms with E-state index >= 15 is 0 Å². The van der Waals surface area contributed by atoms with E-state index in [2.05, 4.69) is 37.8 Å². The summed E-state index contributed by atoms with van der Waals surface area (Å²) in [6, 6.07) is 7.78. The molecule has 0 fully saturated rings. The van der Waals surface area contributed by atoms with E-state index < -0.39 is 11.2 Å². The maximum absolute atomic E-state index is 11.3. The second kappa shape index (κ2) is 5.09. The van der Waals surface area contributed by atoms with Crippen LogP contribution in [0.1, 0.15) is 11.3 Å². The zero-order valence-corrected chi connectivity index (χ0v) is 10.8. The summed E-state index contributed by atoms with van der Waals surface area (Å²) in [4.78, 5) is 24.2. The topological polar surface area (TPSA) is 78.6 Å². The van der Waals surface area contributed by atoms with E-state index in [4.69, 9.17) is 0 Å². The van der Waals surface area contributed by atoms with E-state index in [1.54, 1.807) is 12.2 Å². The fourth-order valence-electron chi connectivity index (χ4n) is 1.26. The second-order valence-corrected chi connectivity index (χ2v) is 4.53. The van der Waals surface area contributed by atoms with E-state index in [1.165, 1.54) is 0 Å². The first kappa shape index (κ1) is 11.8. The van der Waals surface area contributed by atoms with E-state index in [0.29, 0.717) is 0 Å². The molecule has 0 aliphatic carbocycles. The quantitative estimate of drug-likeness (QED) is 0.807. The highest BCUT2D eigenvalue weighted by Crippen LogP contribution is 2.09. The molecule has 86 valence electrons. The van der Waals surface area contributed by atoms with Crippen LogP contribution in [0.2, 0.25) is 0 Å². The van der Waals surface area contributed by atoms with Crippen LogP contribution in [0, 0.1) is 3.57 Å². The van der Waals surface area contributed by atoms with Gasteiger partial charge in [0.05, 0.1) is 0 Å². The highest BCUT2D eigenvalue weighted by molar-refractivity contribution is 14.1. The van der Waals surface area contributed by atoms with Gasteiger partial charge in [-0.3, -0.25) is 9.78 Å². The summed E-state index contributed by atoms with van der Waals surface area (Å²) in [7, 11) is 0. The molecule has 0 radical (unpaired) electrons. The third-order valence-corrected chi connectivity index (χ3v) is 2.69. The minimum absolute atomic E-state index is 0.170. The number of rotatable bonds is 2. The summed E-state index contributed by atoms with van der Waals surface area (Å²) >= 11 is 2.21. The molecule has 6 heteroatoms. The van der Waals surface area contributed by atoms with Crippen molar-refractivity contribution in [3.8, 4) is 0 Å². The van der Waals surface area contributed by atoms with E-state index in [1.807, 2.05) is 24.3 Å². The molecule has 0 unspecified atom stereocenters. The molecule has 2 rings (SSSR count). The molecule has 0 saturated carbocycles. The number of aromatic amines is 2. The van der Waals surface area contributed by atoms with Gasteiger partial charge in [0.15, 0.2) is 0 Å². The number of hydrogen-bond donors (Lipinski definition) is 2. The number of H-pyrrole nitrogens is 2. The fraction of sp³-hybridized carbons (Fsp3) is 0. The Morgan fingerprint density at radius 2 is 2.06 bits per heavy atom. The van der Waals surface area contributed by atoms with Crippen molar-refractivity contribution in [3.63, 3.8) is 0 Å². The lowest BCUT2D eigenvalue weighted by Gasteiger charge is -1.94. The summed E-state index contributed by atoms with van der Waals surface area (Å²) in [5.41, 5.74) is 0.0183. The van der Waals surface area contributed by atoms with Gasteiger partial charge < -0.3 is 0 Å². The summed E-state index contributed by atoms with van der Waals surface area (Å²) in [6.45, 7) is 0. The van der Waals surface area contributed by atoms with E-state index in [-0.39, 0.29) is 5.69 Å². The average molecular weight is 341 g/mol. The third kappa shape index (κ3) is 3.13. The zero-order valence-electron chi connectivity index (χ0n) is 8.61. The fourth-order valence-corrected chi connectivity index (χ4v) is 1.82. The Hall–Kier alpha value is -1.70. The number of halogens is 1. The van der Waals surface area contributed by atoms with Gasteiger partial charge in [-0.2, -0.15) is 5.10 Å². The van der Waals surface area contributed by atoms with Crippen LogP contribution in [-0.2, 0) is 0 Å². The minimum Gasteiger partial charge on any atom is -0.271 e. The molecule has 0 spiro atoms. The van der Waals surface area contributed by atoms with Gasteiger partial charge in [0.2, 0.25) is 0 Å². The molecule has 1 heterocycles. The van der Waals surface area contributed by atoms with E-state index in [0.717, 1.165) is 9.13 Å². The van der Waals surface area contributed by atoms with Crippen molar-refractivity contribution < 1.29 is 0 Å². The number of nitrogens with zero attached hydrogens (tertiary/aromatic N) is 1. The maximum atomic E-state index is 11.3. The molecule has 5 nitrogen and oxygen atoms in total. The first-order valence-electron chi connectivity index (χ1n) is 4.78. The lowest BCUT2D eigenvalue weighted by atomic mass is 10.2. The van der Waals surface area contributed by atoms with Crippen molar-refractivity contribution in [2.45, 2.75) is 0 Å². The summed E-state index contributed by atoms with van der Waals surface area (Å²) < 4.78 is 1.10. The van der Waals surface area contributed by atoms with Crippen molar-refractivity contribution in [1.29, 1.82) is 0 Å². The van der Waals surface area contributed by atoms with Gasteiger partial charge in [0, 0.05) is 3.57 Å². The van der Waals surface area contributed by atoms with Crippen molar-refractivity contribution in [1.82, 2.24) is 15.2 Å². The number of hydrogen-bond acceptors (Lipinski definition) is 3. The van der Waals surface area contributed by atoms with Gasteiger partial charge in [-0.15, -0.1) is 0 Å². The molecule has 1 aromatic heterocycles. The number of aromatic nitrogens is 3. The van der Waals surface area contributed by atoms with Crippen LogP contribution < -0.4 is 11.2 Å². The van der Waals surface area contributed by atoms with Crippen LogP contribution in [-0.4, -0.2) is 15.2 Å². The Bertz CT molecular complexity index is 673. The SMILES string of the molecule is O=c1[nH]nc(C=Cc2cccc(I)c2)c(=O)[nH]1. The first-order valence-corrected chi connectivity index (χ1v) is 5.86. The molecule has 2 N–H and O–H groups in total. The molecule has 0 aliphatic rings. The average Bonchev–Trinajstić information content (AvgIpc) is 2.28. The standard InChI is InChI=1S/C11H8IN3O2/c12-8-3-1-2-7(6-8)4-5-9-10(16)13-11(17)15-14-9/h1-6H,(H2,13,15,16,17). The van der Waals surface area contributed by atoms with Gasteiger partial charge in [0.25, 0.3) is 5.56 Å². The zero-order chi connectivity index (χ0) is 12.3. The number of nitrogens with one attached hydrogen (secondary N) is 2. The Balaban J connectivity index is 2.32. The summed E-state index contributed by atoms with van der Waals surface area (Å²) in [5, 5.41) is 5.82. The van der Waals surface area contributed by atoms with Crippen molar-refractivity contribution in [3.05, 3.63) is 59.9 Å². The first-order chi connectivity index (χ1) is 8.15. The van der Waals surface area contributed by atoms with Gasteiger partial charge in [0.1, 0.15) is 5.69 Å². The molecule has 17 heavy (non-hydrogen) atoms. The Morgan fingerprint density at radius 3 is 2.76 bits per heavy atom. The largest absolute Gasteiger partial charge is 0.342 e. The Morgan fingerprint density at radius 1 is 1.24 bits per heavy atom. The van der Waals surface area contributed by atoms with Crippen molar-refractivity contribution in [2.24, 2.45) is 0 Å². The predicted molar refractivity (Wildman–Crippen MR) is 73.6 cm³/mol. The summed E-state index contributed by atoms with van der Waals surface area (Å²) in [5.74, 6) is 0. The van der Waals surface area contributed by atoms with Crippen LogP contribution >= 0.6 is 22.6 Å². The van der Waals surface area contributed by atoms with Crippen molar-refractivity contribution >= 4 is 34.7 Å². The van der Waals surface area contributed by atoms with Gasteiger partial charge in [-0.25, -0.2) is 9.89 Å². The molecular formula is C11H8IN3O2. The van der Waals surface area contributed by atoms with Crippen LogP contribution in [0.25, 0.3) is 12.2 Å². The molecule has 2 aromatic rings. The third-order valence-electron chi connectivity index (χ3n) is 2.02. The van der Waals surface area contributed by atoms with Crippen LogP contribution in [0.5, 0.6) is 0 Å². The molecule has 0 saturated heterocycles. The second-order valence-electron chi connectivity index (χ2n) is 3.28.